The molecule has 1 unspecified atom stereocenters. The van der Waals surface area contributed by atoms with Crippen molar-refractivity contribution in [3.63, 3.8) is 0 Å². The van der Waals surface area contributed by atoms with Gasteiger partial charge >= 0.3 is 0 Å². The van der Waals surface area contributed by atoms with Crippen LogP contribution in [0.5, 0.6) is 0 Å². The lowest BCUT2D eigenvalue weighted by molar-refractivity contribution is 0.219. The molecular weight excluding hydrogens is 366 g/mol. The van der Waals surface area contributed by atoms with Crippen LogP contribution in [-0.2, 0) is 0 Å². The monoisotopic (exact) mass is 389 g/mol. The van der Waals surface area contributed by atoms with Gasteiger partial charge in [-0.2, -0.15) is 0 Å². The van der Waals surface area contributed by atoms with Gasteiger partial charge in [0.15, 0.2) is 0 Å². The third-order valence-corrected chi connectivity index (χ3v) is 6.09. The van der Waals surface area contributed by atoms with E-state index in [0.717, 1.165) is 47.7 Å². The molecule has 0 amide bonds. The maximum Gasteiger partial charge on any atom is 0.0815 e. The summed E-state index contributed by atoms with van der Waals surface area (Å²) in [5, 5.41) is 0. The van der Waals surface area contributed by atoms with E-state index in [4.69, 9.17) is 4.99 Å². The Morgan fingerprint density at radius 1 is 1.29 bits per heavy atom. The van der Waals surface area contributed by atoms with Crippen molar-refractivity contribution in [3.05, 3.63) is 70.8 Å². The number of aliphatic imine (C=N–C) groups is 2. The summed E-state index contributed by atoms with van der Waals surface area (Å²) in [6.07, 6.45) is 4.47. The van der Waals surface area contributed by atoms with Crippen molar-refractivity contribution < 1.29 is 0 Å². The van der Waals surface area contributed by atoms with Gasteiger partial charge < -0.3 is 0 Å². The second kappa shape index (κ2) is 8.12. The van der Waals surface area contributed by atoms with Crippen molar-refractivity contribution in [1.82, 2.24) is 14.9 Å². The molecule has 0 fully saturated rings. The second-order valence-corrected chi connectivity index (χ2v) is 7.85. The van der Waals surface area contributed by atoms with Gasteiger partial charge in [-0.05, 0) is 44.3 Å². The predicted octanol–water partition coefficient (Wildman–Crippen LogP) is 4.88. The first-order valence-electron chi connectivity index (χ1n) is 9.37. The summed E-state index contributed by atoms with van der Waals surface area (Å²) in [5.74, 6) is 0. The predicted molar refractivity (Wildman–Crippen MR) is 117 cm³/mol. The number of benzene rings is 1. The lowest BCUT2D eigenvalue weighted by atomic mass is 10.0. The zero-order valence-corrected chi connectivity index (χ0v) is 17.0. The van der Waals surface area contributed by atoms with Gasteiger partial charge in [0.1, 0.15) is 0 Å². The highest BCUT2D eigenvalue weighted by Gasteiger charge is 2.23. The first kappa shape index (κ1) is 18.7. The zero-order chi connectivity index (χ0) is 19.5. The summed E-state index contributed by atoms with van der Waals surface area (Å²) < 4.78 is 1.23. The van der Waals surface area contributed by atoms with Gasteiger partial charge in [0.25, 0.3) is 0 Å². The average molecular weight is 390 g/mol. The molecular formula is C22H23N5S. The minimum absolute atomic E-state index is 0.285. The molecule has 0 saturated carbocycles. The van der Waals surface area contributed by atoms with Crippen LogP contribution in [0, 0.1) is 0 Å². The number of nitrogens with zero attached hydrogens (tertiary/aromatic N) is 5. The minimum atomic E-state index is 0.285. The fraction of sp³-hybridized carbons (Fsp3) is 0.273. The minimum Gasteiger partial charge on any atom is -0.290 e. The van der Waals surface area contributed by atoms with Crippen LogP contribution in [0.1, 0.15) is 37.4 Å². The van der Waals surface area contributed by atoms with Crippen LogP contribution in [0.4, 0.5) is 0 Å². The molecule has 0 aliphatic carbocycles. The summed E-state index contributed by atoms with van der Waals surface area (Å²) in [4.78, 5) is 20.2. The van der Waals surface area contributed by atoms with Crippen molar-refractivity contribution in [2.45, 2.75) is 26.3 Å². The van der Waals surface area contributed by atoms with E-state index >= 15 is 0 Å². The Labute approximate surface area is 169 Å². The topological polar surface area (TPSA) is 53.7 Å². The van der Waals surface area contributed by atoms with Crippen LogP contribution in [0.25, 0.3) is 10.2 Å². The Morgan fingerprint density at radius 3 is 2.96 bits per heavy atom. The van der Waals surface area contributed by atoms with Crippen molar-refractivity contribution in [2.24, 2.45) is 9.98 Å². The highest BCUT2D eigenvalue weighted by molar-refractivity contribution is 7.16. The van der Waals surface area contributed by atoms with Crippen LogP contribution < -0.4 is 0 Å². The summed E-state index contributed by atoms with van der Waals surface area (Å²) >= 11 is 1.68. The molecule has 5 nitrogen and oxygen atoms in total. The molecule has 0 saturated heterocycles. The Bertz CT molecular complexity index is 1050. The van der Waals surface area contributed by atoms with E-state index in [0.29, 0.717) is 0 Å². The molecule has 0 radical (unpaired) electrons. The van der Waals surface area contributed by atoms with Crippen LogP contribution in [-0.4, -0.2) is 40.4 Å². The largest absolute Gasteiger partial charge is 0.290 e. The molecule has 0 spiro atoms. The molecule has 3 aromatic rings. The quantitative estimate of drug-likeness (QED) is 0.585. The summed E-state index contributed by atoms with van der Waals surface area (Å²) in [6.45, 7) is 9.73. The van der Waals surface area contributed by atoms with E-state index in [9.17, 15) is 0 Å². The van der Waals surface area contributed by atoms with Gasteiger partial charge in [-0.3, -0.25) is 19.9 Å². The molecule has 1 aliphatic heterocycles. The maximum absolute atomic E-state index is 4.85. The number of rotatable bonds is 5. The van der Waals surface area contributed by atoms with Gasteiger partial charge in [0.2, 0.25) is 0 Å². The molecule has 3 heterocycles. The van der Waals surface area contributed by atoms with Gasteiger partial charge in [-0.25, -0.2) is 4.98 Å². The number of hydrogen-bond donors (Lipinski definition) is 0. The van der Waals surface area contributed by atoms with E-state index in [1.807, 2.05) is 30.8 Å². The number of fused-ring (bicyclic) bond motifs is 1. The van der Waals surface area contributed by atoms with Gasteiger partial charge in [-0.15, -0.1) is 11.3 Å². The maximum atomic E-state index is 4.85. The highest BCUT2D eigenvalue weighted by Crippen LogP contribution is 2.30. The van der Waals surface area contributed by atoms with Crippen LogP contribution in [0.3, 0.4) is 0 Å². The second-order valence-electron chi connectivity index (χ2n) is 6.97. The van der Waals surface area contributed by atoms with Crippen LogP contribution in [0.15, 0.2) is 69.6 Å². The molecule has 0 N–H and O–H groups in total. The van der Waals surface area contributed by atoms with Gasteiger partial charge in [0, 0.05) is 49.2 Å². The molecule has 1 atom stereocenters. The molecule has 28 heavy (non-hydrogen) atoms. The Hall–Kier alpha value is -2.70. The SMILES string of the molecule is C=NC1=C(/N=C(\C)c2cccnc2)CCN(C(C)c2ccc3scnc3c2)C1. The number of hydrogen-bond acceptors (Lipinski definition) is 6. The van der Waals surface area contributed by atoms with E-state index in [-0.39, 0.29) is 6.04 Å². The fourth-order valence-corrected chi connectivity index (χ4v) is 4.20. The highest BCUT2D eigenvalue weighted by atomic mass is 32.1. The zero-order valence-electron chi connectivity index (χ0n) is 16.2. The van der Waals surface area contributed by atoms with Crippen molar-refractivity contribution in [1.29, 1.82) is 0 Å². The first-order chi connectivity index (χ1) is 13.7. The van der Waals surface area contributed by atoms with Crippen LogP contribution >= 0.6 is 11.3 Å². The summed E-state index contributed by atoms with van der Waals surface area (Å²) in [5.41, 5.74) is 8.22. The third-order valence-electron chi connectivity index (χ3n) is 5.28. The standard InChI is InChI=1S/C22H23N5S/c1-15(18-5-4-9-24-12-18)26-19-8-10-27(13-21(19)23-3)16(2)17-6-7-22-20(11-17)25-14-28-22/h4-7,9,11-12,14,16H,3,8,10,13H2,1-2H3/b26-15+. The molecule has 1 aromatic carbocycles. The Kier molecular flexibility index (Phi) is 5.41. The van der Waals surface area contributed by atoms with Crippen molar-refractivity contribution >= 4 is 34.0 Å². The number of thiazole rings is 1. The Balaban J connectivity index is 1.56. The van der Waals surface area contributed by atoms with E-state index < -0.39 is 0 Å². The average Bonchev–Trinajstić information content (AvgIpc) is 3.22. The normalized spacial score (nSPS) is 17.1. The van der Waals surface area contributed by atoms with Crippen molar-refractivity contribution in [3.8, 4) is 0 Å². The lowest BCUT2D eigenvalue weighted by Gasteiger charge is -2.33. The number of aromatic nitrogens is 2. The summed E-state index contributed by atoms with van der Waals surface area (Å²) in [7, 11) is 0. The van der Waals surface area contributed by atoms with Crippen LogP contribution in [0.2, 0.25) is 0 Å². The molecule has 142 valence electrons. The Morgan fingerprint density at radius 2 is 2.18 bits per heavy atom. The summed E-state index contributed by atoms with van der Waals surface area (Å²) in [6, 6.07) is 10.8. The number of pyridine rings is 1. The molecule has 6 heteroatoms. The lowest BCUT2D eigenvalue weighted by Crippen LogP contribution is -2.33. The first-order valence-corrected chi connectivity index (χ1v) is 10.3. The van der Waals surface area contributed by atoms with E-state index in [2.05, 4.69) is 51.7 Å². The molecule has 2 aromatic heterocycles. The molecule has 1 aliphatic rings. The smallest absolute Gasteiger partial charge is 0.0815 e. The van der Waals surface area contributed by atoms with Crippen molar-refractivity contribution in [2.75, 3.05) is 13.1 Å². The fourth-order valence-electron chi connectivity index (χ4n) is 3.54. The molecule has 4 rings (SSSR count). The van der Waals surface area contributed by atoms with Gasteiger partial charge in [-0.1, -0.05) is 12.1 Å². The van der Waals surface area contributed by atoms with E-state index in [1.165, 1.54) is 10.3 Å². The third kappa shape index (κ3) is 3.79. The van der Waals surface area contributed by atoms with Gasteiger partial charge in [0.05, 0.1) is 27.1 Å². The van der Waals surface area contributed by atoms with E-state index in [1.54, 1.807) is 17.5 Å². The molecule has 0 bridgehead atoms.